The van der Waals surface area contributed by atoms with Crippen molar-refractivity contribution >= 4 is 10.8 Å². The van der Waals surface area contributed by atoms with E-state index in [9.17, 15) is 0 Å². The van der Waals surface area contributed by atoms with Gasteiger partial charge in [-0.2, -0.15) is 0 Å². The van der Waals surface area contributed by atoms with Crippen molar-refractivity contribution in [2.75, 3.05) is 26.4 Å². The number of ether oxygens (including phenoxy) is 4. The van der Waals surface area contributed by atoms with E-state index in [1.54, 1.807) is 5.56 Å². The number of epoxide rings is 2. The maximum Gasteiger partial charge on any atom is 0.134 e. The molecule has 2 atom stereocenters. The van der Waals surface area contributed by atoms with Gasteiger partial charge in [-0.05, 0) is 140 Å². The lowest BCUT2D eigenvalue weighted by atomic mass is 9.47. The van der Waals surface area contributed by atoms with Crippen molar-refractivity contribution in [1.82, 2.24) is 0 Å². The summed E-state index contributed by atoms with van der Waals surface area (Å²) < 4.78 is 24.9. The molecule has 2 unspecified atom stereocenters. The van der Waals surface area contributed by atoms with E-state index in [2.05, 4.69) is 24.3 Å². The quantitative estimate of drug-likeness (QED) is 0.329. The summed E-state index contributed by atoms with van der Waals surface area (Å²) in [6, 6.07) is 9.98. The van der Waals surface area contributed by atoms with Crippen molar-refractivity contribution in [3.63, 3.8) is 0 Å². The van der Waals surface area contributed by atoms with Crippen LogP contribution in [-0.2, 0) is 20.3 Å². The Labute approximate surface area is 238 Å². The van der Waals surface area contributed by atoms with Crippen LogP contribution in [0.1, 0.15) is 88.2 Å². The van der Waals surface area contributed by atoms with Crippen LogP contribution in [0.5, 0.6) is 11.5 Å². The molecule has 10 fully saturated rings. The summed E-state index contributed by atoms with van der Waals surface area (Å²) in [5.41, 5.74) is 3.65. The van der Waals surface area contributed by atoms with Crippen molar-refractivity contribution in [2.45, 2.75) is 100 Å². The van der Waals surface area contributed by atoms with Gasteiger partial charge in [-0.15, -0.1) is 0 Å². The van der Waals surface area contributed by atoms with E-state index in [4.69, 9.17) is 18.9 Å². The standard InChI is InChI=1S/C36H44O4/c1-2-31(36-14-24-6-25(15-36)8-26(7-24)16-36)34(40-20-30-18-38-30)33-27(1)9-28(10-32(33)39-19-29-17-37-29)35-11-21-3-22(12-35)5-23(4-21)13-35/h1-2,9-10,21-26,29-30H,3-8,11-20H2. The topological polar surface area (TPSA) is 43.5 Å². The van der Waals surface area contributed by atoms with Crippen LogP contribution in [0.15, 0.2) is 24.3 Å². The minimum absolute atomic E-state index is 0.244. The molecular formula is C36H44O4. The zero-order valence-corrected chi connectivity index (χ0v) is 23.9. The van der Waals surface area contributed by atoms with Gasteiger partial charge in [0, 0.05) is 5.56 Å². The van der Waals surface area contributed by atoms with Gasteiger partial charge in [0.15, 0.2) is 0 Å². The summed E-state index contributed by atoms with van der Waals surface area (Å²) in [5.74, 6) is 7.69. The fourth-order valence-corrected chi connectivity index (χ4v) is 12.0. The predicted molar refractivity (Wildman–Crippen MR) is 154 cm³/mol. The van der Waals surface area contributed by atoms with Gasteiger partial charge in [0.25, 0.3) is 0 Å². The van der Waals surface area contributed by atoms with Crippen molar-refractivity contribution in [1.29, 1.82) is 0 Å². The molecule has 8 saturated carbocycles. The Hall–Kier alpha value is -1.78. The van der Waals surface area contributed by atoms with Gasteiger partial charge < -0.3 is 18.9 Å². The first-order valence-corrected chi connectivity index (χ1v) is 16.7. The smallest absolute Gasteiger partial charge is 0.134 e. The second kappa shape index (κ2) is 8.40. The Morgan fingerprint density at radius 1 is 0.625 bits per heavy atom. The zero-order valence-electron chi connectivity index (χ0n) is 23.9. The van der Waals surface area contributed by atoms with Gasteiger partial charge in [-0.3, -0.25) is 0 Å². The fourth-order valence-electron chi connectivity index (χ4n) is 12.0. The lowest BCUT2D eigenvalue weighted by molar-refractivity contribution is -0.00642. The first kappa shape index (κ1) is 23.7. The number of hydrogen-bond donors (Lipinski definition) is 0. The van der Waals surface area contributed by atoms with Gasteiger partial charge in [0.05, 0.1) is 18.6 Å². The molecule has 8 aliphatic carbocycles. The van der Waals surface area contributed by atoms with Crippen LogP contribution in [-0.4, -0.2) is 38.6 Å². The highest BCUT2D eigenvalue weighted by molar-refractivity contribution is 5.96. The molecule has 2 aliphatic heterocycles. The molecular weight excluding hydrogens is 496 g/mol. The van der Waals surface area contributed by atoms with E-state index in [0.29, 0.717) is 18.6 Å². The molecule has 8 bridgehead atoms. The molecule has 10 aliphatic rings. The normalized spacial score (nSPS) is 45.3. The average Bonchev–Trinajstić information content (AvgIpc) is 3.84. The van der Waals surface area contributed by atoms with Crippen LogP contribution in [0.2, 0.25) is 0 Å². The van der Waals surface area contributed by atoms with E-state index >= 15 is 0 Å². The summed E-state index contributed by atoms with van der Waals surface area (Å²) in [6.07, 6.45) is 17.5. The zero-order chi connectivity index (χ0) is 26.1. The molecule has 2 aromatic carbocycles. The summed E-state index contributed by atoms with van der Waals surface area (Å²) in [5, 5.41) is 2.54. The lowest BCUT2D eigenvalue weighted by Gasteiger charge is -2.57. The van der Waals surface area contributed by atoms with Crippen LogP contribution >= 0.6 is 0 Å². The van der Waals surface area contributed by atoms with E-state index in [1.165, 1.54) is 93.4 Å². The Kier molecular flexibility index (Phi) is 4.99. The number of fused-ring (bicyclic) bond motifs is 1. The third-order valence-corrected chi connectivity index (χ3v) is 12.9. The highest BCUT2D eigenvalue weighted by atomic mass is 16.6. The first-order chi connectivity index (χ1) is 19.6. The fraction of sp³-hybridized carbons (Fsp3) is 0.722. The summed E-state index contributed by atoms with van der Waals surface area (Å²) in [7, 11) is 0. The highest BCUT2D eigenvalue weighted by Crippen LogP contribution is 2.64. The molecule has 40 heavy (non-hydrogen) atoms. The molecule has 4 heteroatoms. The van der Waals surface area contributed by atoms with Crippen molar-refractivity contribution in [3.8, 4) is 11.5 Å². The molecule has 0 amide bonds. The van der Waals surface area contributed by atoms with Gasteiger partial charge >= 0.3 is 0 Å². The van der Waals surface area contributed by atoms with Crippen LogP contribution in [0.25, 0.3) is 10.8 Å². The number of rotatable bonds is 8. The van der Waals surface area contributed by atoms with Crippen LogP contribution in [0.4, 0.5) is 0 Å². The molecule has 0 radical (unpaired) electrons. The van der Waals surface area contributed by atoms with Crippen LogP contribution in [0, 0.1) is 35.5 Å². The number of benzene rings is 2. The maximum absolute atomic E-state index is 6.88. The first-order valence-electron chi connectivity index (χ1n) is 16.7. The van der Waals surface area contributed by atoms with E-state index in [0.717, 1.165) is 60.2 Å². The monoisotopic (exact) mass is 540 g/mol. The molecule has 0 N–H and O–H groups in total. The minimum atomic E-state index is 0.244. The Bertz CT molecular complexity index is 1280. The van der Waals surface area contributed by atoms with Crippen molar-refractivity contribution in [3.05, 3.63) is 35.4 Å². The van der Waals surface area contributed by atoms with Gasteiger partial charge in [0.1, 0.15) is 36.9 Å². The predicted octanol–water partition coefficient (Wildman–Crippen LogP) is 7.33. The SMILES string of the molecule is c1cc2cc(C34CC5CC(CC(C5)C3)C4)cc(OCC3CO3)c2c(OCC2CO2)c1C12CC3CC(CC(C3)C1)C2. The van der Waals surface area contributed by atoms with Crippen LogP contribution < -0.4 is 9.47 Å². The van der Waals surface area contributed by atoms with Crippen LogP contribution in [0.3, 0.4) is 0 Å². The van der Waals surface area contributed by atoms with Gasteiger partial charge in [0.2, 0.25) is 0 Å². The molecule has 2 saturated heterocycles. The Morgan fingerprint density at radius 3 is 1.65 bits per heavy atom. The van der Waals surface area contributed by atoms with E-state index in [-0.39, 0.29) is 17.6 Å². The van der Waals surface area contributed by atoms with Gasteiger partial charge in [-0.1, -0.05) is 18.2 Å². The molecule has 0 aromatic heterocycles. The average molecular weight is 541 g/mol. The molecule has 12 rings (SSSR count). The Morgan fingerprint density at radius 2 is 1.12 bits per heavy atom. The molecule has 4 nitrogen and oxygen atoms in total. The minimum Gasteiger partial charge on any atom is -0.490 e. The molecule has 2 heterocycles. The lowest BCUT2D eigenvalue weighted by Crippen LogP contribution is -2.48. The summed E-state index contributed by atoms with van der Waals surface area (Å²) in [6.45, 7) is 2.95. The second-order valence-corrected chi connectivity index (χ2v) is 15.9. The van der Waals surface area contributed by atoms with Crippen molar-refractivity contribution in [2.24, 2.45) is 35.5 Å². The highest BCUT2D eigenvalue weighted by Gasteiger charge is 2.54. The second-order valence-electron chi connectivity index (χ2n) is 15.9. The third kappa shape index (κ3) is 3.77. The van der Waals surface area contributed by atoms with E-state index in [1.807, 2.05) is 0 Å². The maximum atomic E-state index is 6.88. The Balaban J connectivity index is 1.13. The molecule has 212 valence electrons. The summed E-state index contributed by atoms with van der Waals surface area (Å²) in [4.78, 5) is 0. The molecule has 0 spiro atoms. The summed E-state index contributed by atoms with van der Waals surface area (Å²) >= 11 is 0. The van der Waals surface area contributed by atoms with E-state index < -0.39 is 0 Å². The van der Waals surface area contributed by atoms with Gasteiger partial charge in [-0.25, -0.2) is 0 Å². The number of hydrogen-bond acceptors (Lipinski definition) is 4. The van der Waals surface area contributed by atoms with Crippen molar-refractivity contribution < 1.29 is 18.9 Å². The third-order valence-electron chi connectivity index (χ3n) is 12.9. The largest absolute Gasteiger partial charge is 0.490 e. The molecule has 2 aromatic rings.